The molecule has 0 radical (unpaired) electrons. The number of rotatable bonds is 5. The number of urea groups is 1. The number of aliphatic hydroxyl groups excluding tert-OH is 1. The first kappa shape index (κ1) is 22.2. The van der Waals surface area contributed by atoms with Crippen molar-refractivity contribution in [2.75, 3.05) is 18.5 Å². The van der Waals surface area contributed by atoms with E-state index in [4.69, 9.17) is 4.74 Å². The first-order valence-corrected chi connectivity index (χ1v) is 10.6. The summed E-state index contributed by atoms with van der Waals surface area (Å²) in [6.07, 6.45) is 0. The van der Waals surface area contributed by atoms with Gasteiger partial charge in [0.15, 0.2) is 0 Å². The molecule has 0 bridgehead atoms. The lowest BCUT2D eigenvalue weighted by atomic mass is 9.86. The predicted molar refractivity (Wildman–Crippen MR) is 122 cm³/mol. The smallest absolute Gasteiger partial charge is 0.319 e. The van der Waals surface area contributed by atoms with E-state index in [2.05, 4.69) is 48.7 Å². The molecule has 1 heterocycles. The number of carbonyl (C=O) groups excluding carboxylic acids is 1. The summed E-state index contributed by atoms with van der Waals surface area (Å²) in [4.78, 5) is 12.6. The molecule has 5 heteroatoms. The quantitative estimate of drug-likeness (QED) is 0.638. The van der Waals surface area contributed by atoms with Crippen LogP contribution in [0.25, 0.3) is 0 Å². The number of amides is 2. The standard InChI is InChI=1S/C25H34N2O3/c1-14(2)18-8-10-19(11-9-18)20-12-30-23-16(4)15(3)22(17(5)21(20)23)26-24(29)27-25(6,7)13-28/h8-11,14,20,28H,12-13H2,1-7H3,(H2,26,27,29). The summed E-state index contributed by atoms with van der Waals surface area (Å²) in [7, 11) is 0. The van der Waals surface area contributed by atoms with E-state index >= 15 is 0 Å². The molecule has 30 heavy (non-hydrogen) atoms. The largest absolute Gasteiger partial charge is 0.492 e. The van der Waals surface area contributed by atoms with E-state index < -0.39 is 5.54 Å². The average molecular weight is 411 g/mol. The number of benzene rings is 2. The minimum atomic E-state index is -0.693. The molecular weight excluding hydrogens is 376 g/mol. The van der Waals surface area contributed by atoms with E-state index in [1.54, 1.807) is 13.8 Å². The van der Waals surface area contributed by atoms with Gasteiger partial charge < -0.3 is 20.5 Å². The fourth-order valence-corrected chi connectivity index (χ4v) is 4.06. The lowest BCUT2D eigenvalue weighted by molar-refractivity contribution is 0.187. The molecule has 1 atom stereocenters. The Kier molecular flexibility index (Phi) is 6.14. The van der Waals surface area contributed by atoms with Gasteiger partial charge in [-0.1, -0.05) is 38.1 Å². The summed E-state index contributed by atoms with van der Waals surface area (Å²) in [5, 5.41) is 15.3. The second-order valence-electron chi connectivity index (χ2n) is 9.30. The highest BCUT2D eigenvalue weighted by atomic mass is 16.5. The van der Waals surface area contributed by atoms with Crippen LogP contribution in [0.5, 0.6) is 5.75 Å². The average Bonchev–Trinajstić information content (AvgIpc) is 3.14. The van der Waals surface area contributed by atoms with Crippen LogP contribution in [-0.2, 0) is 0 Å². The van der Waals surface area contributed by atoms with Crippen molar-refractivity contribution < 1.29 is 14.6 Å². The molecule has 1 aliphatic rings. The number of fused-ring (bicyclic) bond motifs is 1. The number of carbonyl (C=O) groups is 1. The zero-order chi connectivity index (χ0) is 22.2. The Bertz CT molecular complexity index is 946. The van der Waals surface area contributed by atoms with Gasteiger partial charge in [-0.3, -0.25) is 0 Å². The fraction of sp³-hybridized carbons (Fsp3) is 0.480. The van der Waals surface area contributed by atoms with E-state index in [1.165, 1.54) is 11.1 Å². The van der Waals surface area contributed by atoms with Gasteiger partial charge in [0.25, 0.3) is 0 Å². The molecule has 0 aliphatic carbocycles. The number of hydrogen-bond acceptors (Lipinski definition) is 3. The summed E-state index contributed by atoms with van der Waals surface area (Å²) in [5.74, 6) is 1.57. The zero-order valence-electron chi connectivity index (χ0n) is 19.1. The third kappa shape index (κ3) is 4.17. The topological polar surface area (TPSA) is 70.6 Å². The summed E-state index contributed by atoms with van der Waals surface area (Å²) in [6.45, 7) is 14.5. The van der Waals surface area contributed by atoms with Crippen LogP contribution in [0.3, 0.4) is 0 Å². The molecule has 0 spiro atoms. The van der Waals surface area contributed by atoms with Crippen LogP contribution in [0, 0.1) is 20.8 Å². The second-order valence-corrected chi connectivity index (χ2v) is 9.30. The molecule has 0 aromatic heterocycles. The summed E-state index contributed by atoms with van der Waals surface area (Å²) in [6, 6.07) is 8.44. The maximum atomic E-state index is 12.6. The number of nitrogens with one attached hydrogen (secondary N) is 2. The summed E-state index contributed by atoms with van der Waals surface area (Å²) in [5.41, 5.74) is 6.88. The minimum absolute atomic E-state index is 0.135. The first-order valence-electron chi connectivity index (χ1n) is 10.6. The Hall–Kier alpha value is -2.53. The molecule has 5 nitrogen and oxygen atoms in total. The normalized spacial score (nSPS) is 15.7. The minimum Gasteiger partial charge on any atom is -0.492 e. The van der Waals surface area contributed by atoms with Crippen molar-refractivity contribution in [3.8, 4) is 5.75 Å². The van der Waals surface area contributed by atoms with E-state index in [0.29, 0.717) is 12.5 Å². The van der Waals surface area contributed by atoms with Crippen molar-refractivity contribution in [3.05, 3.63) is 57.6 Å². The monoisotopic (exact) mass is 410 g/mol. The second kappa shape index (κ2) is 8.31. The maximum absolute atomic E-state index is 12.6. The van der Waals surface area contributed by atoms with Crippen molar-refractivity contribution in [2.45, 2.75) is 65.8 Å². The number of hydrogen-bond donors (Lipinski definition) is 3. The first-order chi connectivity index (χ1) is 14.1. The van der Waals surface area contributed by atoms with Crippen molar-refractivity contribution in [3.63, 3.8) is 0 Å². The van der Waals surface area contributed by atoms with Gasteiger partial charge in [0, 0.05) is 17.2 Å². The maximum Gasteiger partial charge on any atom is 0.319 e. The predicted octanol–water partition coefficient (Wildman–Crippen LogP) is 5.15. The molecular formula is C25H34N2O3. The molecule has 2 amide bonds. The lowest BCUT2D eigenvalue weighted by Gasteiger charge is -2.25. The van der Waals surface area contributed by atoms with Crippen LogP contribution in [0.4, 0.5) is 10.5 Å². The Balaban J connectivity index is 1.98. The van der Waals surface area contributed by atoms with Gasteiger partial charge in [0.2, 0.25) is 0 Å². The molecule has 1 aliphatic heterocycles. The molecule has 0 fully saturated rings. The third-order valence-electron chi connectivity index (χ3n) is 6.14. The Morgan fingerprint density at radius 1 is 1.13 bits per heavy atom. The SMILES string of the molecule is Cc1c(C)c2c(c(C)c1NC(=O)NC(C)(C)CO)C(c1ccc(C(C)C)cc1)CO2. The molecule has 2 aromatic rings. The molecule has 0 saturated heterocycles. The molecule has 3 rings (SSSR count). The van der Waals surface area contributed by atoms with Crippen LogP contribution >= 0.6 is 0 Å². The highest BCUT2D eigenvalue weighted by Crippen LogP contribution is 2.46. The number of aliphatic hydroxyl groups is 1. The van der Waals surface area contributed by atoms with Crippen molar-refractivity contribution in [1.29, 1.82) is 0 Å². The lowest BCUT2D eigenvalue weighted by Crippen LogP contribution is -2.48. The van der Waals surface area contributed by atoms with Gasteiger partial charge in [0.05, 0.1) is 18.8 Å². The molecule has 1 unspecified atom stereocenters. The van der Waals surface area contributed by atoms with Gasteiger partial charge >= 0.3 is 6.03 Å². The summed E-state index contributed by atoms with van der Waals surface area (Å²) >= 11 is 0. The molecule has 3 N–H and O–H groups in total. The zero-order valence-corrected chi connectivity index (χ0v) is 19.1. The molecule has 162 valence electrons. The van der Waals surface area contributed by atoms with Gasteiger partial charge in [-0.2, -0.15) is 0 Å². The van der Waals surface area contributed by atoms with Gasteiger partial charge in [-0.05, 0) is 68.4 Å². The highest BCUT2D eigenvalue weighted by molar-refractivity contribution is 5.92. The van der Waals surface area contributed by atoms with Gasteiger partial charge in [-0.15, -0.1) is 0 Å². The Morgan fingerprint density at radius 3 is 2.33 bits per heavy atom. The van der Waals surface area contributed by atoms with Gasteiger partial charge in [-0.25, -0.2) is 4.79 Å². The third-order valence-corrected chi connectivity index (χ3v) is 6.14. The van der Waals surface area contributed by atoms with Crippen LogP contribution in [0.1, 0.15) is 72.9 Å². The van der Waals surface area contributed by atoms with Crippen molar-refractivity contribution >= 4 is 11.7 Å². The van der Waals surface area contributed by atoms with Crippen LogP contribution in [0.15, 0.2) is 24.3 Å². The van der Waals surface area contributed by atoms with E-state index in [9.17, 15) is 9.90 Å². The van der Waals surface area contributed by atoms with E-state index in [1.807, 2.05) is 20.8 Å². The van der Waals surface area contributed by atoms with Crippen LogP contribution in [0.2, 0.25) is 0 Å². The van der Waals surface area contributed by atoms with E-state index in [0.717, 1.165) is 33.7 Å². The number of ether oxygens (including phenoxy) is 1. The fourth-order valence-electron chi connectivity index (χ4n) is 4.06. The van der Waals surface area contributed by atoms with Crippen molar-refractivity contribution in [1.82, 2.24) is 5.32 Å². The molecule has 2 aromatic carbocycles. The van der Waals surface area contributed by atoms with Crippen LogP contribution in [-0.4, -0.2) is 29.9 Å². The van der Waals surface area contributed by atoms with Crippen LogP contribution < -0.4 is 15.4 Å². The van der Waals surface area contributed by atoms with E-state index in [-0.39, 0.29) is 18.6 Å². The van der Waals surface area contributed by atoms with Gasteiger partial charge in [0.1, 0.15) is 5.75 Å². The Morgan fingerprint density at radius 2 is 1.77 bits per heavy atom. The Labute approximate surface area is 179 Å². The molecule has 0 saturated carbocycles. The van der Waals surface area contributed by atoms with Crippen molar-refractivity contribution in [2.24, 2.45) is 0 Å². The summed E-state index contributed by atoms with van der Waals surface area (Å²) < 4.78 is 6.13. The highest BCUT2D eigenvalue weighted by Gasteiger charge is 2.32. The number of anilines is 1.